The van der Waals surface area contributed by atoms with Gasteiger partial charge in [0.15, 0.2) is 0 Å². The first-order chi connectivity index (χ1) is 56.5. The van der Waals surface area contributed by atoms with Crippen molar-refractivity contribution >= 4 is 23.2 Å². The van der Waals surface area contributed by atoms with Crippen LogP contribution in [0.25, 0.3) is 33.4 Å². The molecule has 8 aromatic carbocycles. The summed E-state index contributed by atoms with van der Waals surface area (Å²) < 4.78 is 0. The van der Waals surface area contributed by atoms with Crippen LogP contribution in [0.1, 0.15) is 308 Å². The maximum Gasteiger partial charge on any atom is 0.255 e. The second kappa shape index (κ2) is 24.7. The molecule has 0 radical (unpaired) electrons. The topological polar surface area (TPSA) is 139 Å². The van der Waals surface area contributed by atoms with Crippen LogP contribution in [-0.4, -0.2) is 32.2 Å². The number of carbonyl (C=O) groups is 2. The summed E-state index contributed by atoms with van der Waals surface area (Å²) in [6.07, 6.45) is 65.9. The van der Waals surface area contributed by atoms with Gasteiger partial charge in [0, 0.05) is 33.4 Å². The van der Waals surface area contributed by atoms with Crippen molar-refractivity contribution < 1.29 is 30.0 Å². The number of nitrogens with one attached hydrogen (secondary N) is 2. The average molecular weight is 1570 g/mol. The summed E-state index contributed by atoms with van der Waals surface area (Å²) in [4.78, 5) is 31.3. The van der Waals surface area contributed by atoms with E-state index in [1.54, 1.807) is 84.9 Å². The molecule has 2 amide bonds. The molecule has 598 valence electrons. The number of benzene rings is 8. The number of hydrogen-bond donors (Lipinski definition) is 6. The summed E-state index contributed by atoms with van der Waals surface area (Å²) in [6.45, 7) is 20.9. The van der Waals surface area contributed by atoms with E-state index >= 15 is 9.59 Å². The van der Waals surface area contributed by atoms with E-state index < -0.39 is 17.2 Å². The average Bonchev–Trinajstić information content (AvgIpc) is 1.51. The SMILES string of the molecule is C#Cc1cccc(C(=O)Nc2c(-c3cc(O)ccc3C3(c4ccc(O)cc4-c4cc(C#C)c(O)c(C#C)c4NC(=O)c4cccc(C#C)c4)c4cc(C56CC7CC(C)(CC(C)(C7)C5)C6)cc(C56CC7CC(C)(CC(C)(C7)C5)C6)c4-c4c(C56CC7CC(C)(CC(C)(C7)C5)C6)cc(C56CC7CC(C)(CC(C)(C7)C5)C6)cc43)cc(C#C)c(O)c2C#C)c1. The van der Waals surface area contributed by atoms with Crippen LogP contribution in [0.5, 0.6) is 23.0 Å². The van der Waals surface area contributed by atoms with Gasteiger partial charge in [-0.3, -0.25) is 9.59 Å². The molecule has 8 atom stereocenters. The smallest absolute Gasteiger partial charge is 0.255 e. The van der Waals surface area contributed by atoms with E-state index in [2.05, 4.69) is 138 Å². The Hall–Kier alpha value is -10.7. The highest BCUT2D eigenvalue weighted by molar-refractivity contribution is 6.11. The van der Waals surface area contributed by atoms with Gasteiger partial charge in [-0.2, -0.15) is 0 Å². The molecule has 25 rings (SSSR count). The van der Waals surface area contributed by atoms with Crippen LogP contribution in [0.4, 0.5) is 11.4 Å². The standard InChI is InChI=1S/C111H108N2O6/c1-15-65-23-21-25-73(31-65)97(118)112-93-79(19-5)95(116)71(17-3)33-83(93)81-39-77(114)27-29-85(81)111(86-30-28-78(115)40-82(86)84-34-72(18-4)96(117)80(20-6)94(84)113-98(119)74-26-22-24-66(16-2)32-74)89-37-75(107-49-67-41-99(7,57-107)53-100(8,42-67)58-107)35-87(109-51-69-45-103(11,61-109)55-104(12,46-69)62-109)91(89)92-88(110-52-70-47-105(13,63-110)56-106(14,48-70)64-110)36-76(38-90(92)111)108-50-68-43-101(9,59-108)54-102(10,44-68)60-108/h1-6,21-40,67-70,114-117H,41-64H2,7-14H3,(H,112,118)(H,113,119). The zero-order valence-electron chi connectivity index (χ0n) is 70.4. The third kappa shape index (κ3) is 11.1. The van der Waals surface area contributed by atoms with Crippen LogP contribution >= 0.6 is 0 Å². The van der Waals surface area contributed by atoms with Crippen molar-refractivity contribution in [2.75, 3.05) is 10.6 Å². The van der Waals surface area contributed by atoms with Gasteiger partial charge in [-0.1, -0.05) is 139 Å². The molecule has 16 saturated carbocycles. The maximum absolute atomic E-state index is 15.7. The molecule has 0 aromatic heterocycles. The van der Waals surface area contributed by atoms with E-state index in [1.165, 1.54) is 110 Å². The predicted molar refractivity (Wildman–Crippen MR) is 474 cm³/mol. The van der Waals surface area contributed by atoms with E-state index in [9.17, 15) is 20.4 Å². The summed E-state index contributed by atoms with van der Waals surface area (Å²) in [5, 5.41) is 58.3. The van der Waals surface area contributed by atoms with Gasteiger partial charge in [0.2, 0.25) is 0 Å². The Labute approximate surface area is 703 Å². The van der Waals surface area contributed by atoms with Gasteiger partial charge < -0.3 is 31.1 Å². The van der Waals surface area contributed by atoms with Crippen molar-refractivity contribution in [3.05, 3.63) is 210 Å². The van der Waals surface area contributed by atoms with Crippen LogP contribution in [0, 0.1) is 141 Å². The normalized spacial score (nSPS) is 35.2. The highest BCUT2D eigenvalue weighted by Gasteiger charge is 2.69. The molecule has 8 unspecified atom stereocenters. The van der Waals surface area contributed by atoms with Gasteiger partial charge in [0.1, 0.15) is 23.0 Å². The second-order valence-corrected chi connectivity index (χ2v) is 44.8. The molecule has 17 aliphatic carbocycles. The minimum atomic E-state index is -1.61. The van der Waals surface area contributed by atoms with Crippen molar-refractivity contribution in [2.45, 2.75) is 237 Å². The quantitative estimate of drug-likeness (QED) is 0.0674. The first-order valence-electron chi connectivity index (χ1n) is 44.0. The van der Waals surface area contributed by atoms with Gasteiger partial charge in [0.25, 0.3) is 11.8 Å². The summed E-state index contributed by atoms with van der Waals surface area (Å²) >= 11 is 0. The van der Waals surface area contributed by atoms with Crippen molar-refractivity contribution in [1.29, 1.82) is 0 Å². The lowest BCUT2D eigenvalue weighted by atomic mass is 9.37. The second-order valence-electron chi connectivity index (χ2n) is 44.8. The van der Waals surface area contributed by atoms with Crippen molar-refractivity contribution in [2.24, 2.45) is 67.0 Å². The lowest BCUT2D eigenvalue weighted by Gasteiger charge is -2.67. The Bertz CT molecular complexity index is 5760. The number of phenols is 4. The number of fused-ring (bicyclic) bond motifs is 3. The van der Waals surface area contributed by atoms with Crippen LogP contribution in [-0.2, 0) is 27.1 Å². The summed E-state index contributed by atoms with van der Waals surface area (Å²) in [7, 11) is 0. The van der Waals surface area contributed by atoms with Gasteiger partial charge in [-0.05, 0) is 382 Å². The number of phenolic OH excluding ortho intramolecular Hbond substituents is 4. The molecule has 6 N–H and O–H groups in total. The minimum Gasteiger partial charge on any atom is -0.508 e. The fraction of sp³-hybridized carbons (Fsp3) is 0.441. The highest BCUT2D eigenvalue weighted by Crippen LogP contribution is 2.79. The molecule has 0 saturated heterocycles. The number of terminal acetylenes is 6. The number of rotatable bonds is 12. The third-order valence-electron chi connectivity index (χ3n) is 33.9. The lowest BCUT2D eigenvalue weighted by molar-refractivity contribution is -0.112. The Morgan fingerprint density at radius 2 is 0.639 bits per heavy atom. The number of amides is 2. The van der Waals surface area contributed by atoms with E-state index in [1.807, 2.05) is 0 Å². The van der Waals surface area contributed by atoms with E-state index in [0.717, 1.165) is 88.2 Å². The number of hydrogen-bond acceptors (Lipinski definition) is 6. The molecule has 8 heteroatoms. The first kappa shape index (κ1) is 75.7. The Balaban J connectivity index is 0.991. The Morgan fingerprint density at radius 1 is 0.328 bits per heavy atom. The number of carbonyl (C=O) groups excluding carboxylic acids is 2. The largest absolute Gasteiger partial charge is 0.508 e. The molecule has 16 bridgehead atoms. The lowest BCUT2D eigenvalue weighted by Crippen LogP contribution is -2.58. The van der Waals surface area contributed by atoms with Crippen LogP contribution in [0.2, 0.25) is 0 Å². The van der Waals surface area contributed by atoms with Crippen LogP contribution in [0.3, 0.4) is 0 Å². The molecule has 17 aliphatic rings. The fourth-order valence-corrected chi connectivity index (χ4v) is 34.3. The molecule has 8 nitrogen and oxygen atoms in total. The maximum atomic E-state index is 15.7. The van der Waals surface area contributed by atoms with Gasteiger partial charge in [-0.25, -0.2) is 0 Å². The number of anilines is 2. The summed E-state index contributed by atoms with van der Waals surface area (Å²) in [5.41, 5.74) is 12.7. The molecule has 0 heterocycles. The zero-order chi connectivity index (χ0) is 82.9. The van der Waals surface area contributed by atoms with Crippen LogP contribution in [0.15, 0.2) is 121 Å². The zero-order valence-corrected chi connectivity index (χ0v) is 70.4. The molecule has 0 spiro atoms. The Kier molecular flexibility index (Phi) is 15.7. The minimum absolute atomic E-state index is 0.0582. The van der Waals surface area contributed by atoms with Gasteiger partial charge in [0.05, 0.1) is 39.0 Å². The third-order valence-corrected chi connectivity index (χ3v) is 33.9. The van der Waals surface area contributed by atoms with Crippen LogP contribution < -0.4 is 10.6 Å². The van der Waals surface area contributed by atoms with Crippen molar-refractivity contribution in [3.8, 4) is 130 Å². The van der Waals surface area contributed by atoms with Crippen molar-refractivity contribution in [3.63, 3.8) is 0 Å². The summed E-state index contributed by atoms with van der Waals surface area (Å²) in [5.74, 6) is 16.7. The molecule has 16 fully saturated rings. The fourth-order valence-electron chi connectivity index (χ4n) is 34.3. The van der Waals surface area contributed by atoms with Gasteiger partial charge >= 0.3 is 0 Å². The molecule has 0 aliphatic heterocycles. The van der Waals surface area contributed by atoms with Gasteiger partial charge in [-0.15, -0.1) is 38.5 Å². The van der Waals surface area contributed by atoms with E-state index in [0.29, 0.717) is 68.2 Å². The number of aromatic hydroxyl groups is 4. The summed E-state index contributed by atoms with van der Waals surface area (Å²) in [6, 6.07) is 39.7. The Morgan fingerprint density at radius 3 is 0.941 bits per heavy atom. The predicted octanol–water partition coefficient (Wildman–Crippen LogP) is 23.6. The van der Waals surface area contributed by atoms with E-state index in [4.69, 9.17) is 38.5 Å². The highest BCUT2D eigenvalue weighted by atomic mass is 16.3. The monoisotopic (exact) mass is 1560 g/mol. The van der Waals surface area contributed by atoms with E-state index in [-0.39, 0.29) is 133 Å². The van der Waals surface area contributed by atoms with Crippen molar-refractivity contribution in [1.82, 2.24) is 0 Å². The molecule has 119 heavy (non-hydrogen) atoms. The first-order valence-corrected chi connectivity index (χ1v) is 44.0. The molecular formula is C111H108N2O6. The molecular weight excluding hydrogens is 1460 g/mol. The molecule has 8 aromatic rings.